The smallest absolute Gasteiger partial charge is 0.273 e. The Labute approximate surface area is 167 Å². The number of likely N-dealkylation sites (tertiary alicyclic amines) is 1. The molecule has 0 bridgehead atoms. The van der Waals surface area contributed by atoms with Crippen LogP contribution in [0.25, 0.3) is 0 Å². The Hall–Kier alpha value is -0.930. The van der Waals surface area contributed by atoms with Crippen molar-refractivity contribution in [1.29, 1.82) is 0 Å². The molecule has 1 aromatic rings. The number of hydrogen-bond acceptors (Lipinski definition) is 6. The van der Waals surface area contributed by atoms with E-state index in [0.29, 0.717) is 24.3 Å². The average Bonchev–Trinajstić information content (AvgIpc) is 3.28. The third-order valence-electron chi connectivity index (χ3n) is 5.01. The molecule has 150 valence electrons. The lowest BCUT2D eigenvalue weighted by molar-refractivity contribution is 0.0927. The van der Waals surface area contributed by atoms with Gasteiger partial charge in [-0.05, 0) is 45.3 Å². The molecule has 0 spiro atoms. The van der Waals surface area contributed by atoms with E-state index in [-0.39, 0.29) is 30.7 Å². The van der Waals surface area contributed by atoms with Crippen LogP contribution in [0.1, 0.15) is 42.2 Å². The molecule has 8 nitrogen and oxygen atoms in total. The zero-order valence-corrected chi connectivity index (χ0v) is 16.9. The third kappa shape index (κ3) is 6.06. The summed E-state index contributed by atoms with van der Waals surface area (Å²) in [5.41, 5.74) is 0.412. The van der Waals surface area contributed by atoms with Gasteiger partial charge in [-0.2, -0.15) is 0 Å². The molecule has 10 heteroatoms. The monoisotopic (exact) mass is 408 g/mol. The van der Waals surface area contributed by atoms with Gasteiger partial charge in [0.05, 0.1) is 18.8 Å². The van der Waals surface area contributed by atoms with Crippen LogP contribution in [0.5, 0.6) is 0 Å². The summed E-state index contributed by atoms with van der Waals surface area (Å²) in [6.45, 7) is 5.37. The van der Waals surface area contributed by atoms with Crippen molar-refractivity contribution in [3.63, 3.8) is 0 Å². The number of halogens is 2. The molecule has 26 heavy (non-hydrogen) atoms. The van der Waals surface area contributed by atoms with Gasteiger partial charge in [0, 0.05) is 26.2 Å². The van der Waals surface area contributed by atoms with E-state index in [1.54, 1.807) is 13.3 Å². The van der Waals surface area contributed by atoms with Gasteiger partial charge in [-0.3, -0.25) is 9.69 Å². The fourth-order valence-corrected chi connectivity index (χ4v) is 3.56. The first kappa shape index (κ1) is 23.1. The molecule has 3 rings (SSSR count). The summed E-state index contributed by atoms with van der Waals surface area (Å²) >= 11 is 0. The number of piperidine rings is 1. The summed E-state index contributed by atoms with van der Waals surface area (Å²) < 4.78 is 7.00. The highest BCUT2D eigenvalue weighted by Gasteiger charge is 2.25. The van der Waals surface area contributed by atoms with E-state index < -0.39 is 0 Å². The molecule has 2 N–H and O–H groups in total. The first-order chi connectivity index (χ1) is 11.8. The van der Waals surface area contributed by atoms with E-state index in [0.717, 1.165) is 52.0 Å². The van der Waals surface area contributed by atoms with Crippen LogP contribution in [0.15, 0.2) is 6.20 Å². The molecule has 0 aliphatic carbocycles. The van der Waals surface area contributed by atoms with Crippen LogP contribution < -0.4 is 10.6 Å². The highest BCUT2D eigenvalue weighted by atomic mass is 35.5. The third-order valence-corrected chi connectivity index (χ3v) is 5.01. The van der Waals surface area contributed by atoms with Crippen LogP contribution >= 0.6 is 24.8 Å². The second-order valence-electron chi connectivity index (χ2n) is 6.60. The number of carbonyl (C=O) groups is 1. The summed E-state index contributed by atoms with van der Waals surface area (Å²) in [6.07, 6.45) is 6.13. The molecular weight excluding hydrogens is 379 g/mol. The molecule has 3 heterocycles. The fourth-order valence-electron chi connectivity index (χ4n) is 3.56. The molecule has 1 amide bonds. The highest BCUT2D eigenvalue weighted by Crippen LogP contribution is 2.18. The average molecular weight is 409 g/mol. The molecule has 2 aliphatic heterocycles. The van der Waals surface area contributed by atoms with Gasteiger partial charge in [0.1, 0.15) is 0 Å². The lowest BCUT2D eigenvalue weighted by atomic mass is 10.1. The van der Waals surface area contributed by atoms with Crippen LogP contribution in [0.2, 0.25) is 0 Å². The summed E-state index contributed by atoms with van der Waals surface area (Å²) in [5, 5.41) is 14.5. The maximum absolute atomic E-state index is 12.3. The maximum Gasteiger partial charge on any atom is 0.273 e. The Morgan fingerprint density at radius 2 is 2.12 bits per heavy atom. The summed E-state index contributed by atoms with van der Waals surface area (Å²) in [4.78, 5) is 14.7. The van der Waals surface area contributed by atoms with Crippen molar-refractivity contribution in [2.45, 2.75) is 37.8 Å². The predicted molar refractivity (Wildman–Crippen MR) is 104 cm³/mol. The Kier molecular flexibility index (Phi) is 10.4. The normalized spacial score (nSPS) is 21.0. The van der Waals surface area contributed by atoms with Crippen molar-refractivity contribution in [3.05, 3.63) is 11.9 Å². The number of carbonyl (C=O) groups excluding carboxylic acids is 1. The molecule has 1 unspecified atom stereocenters. The van der Waals surface area contributed by atoms with Crippen LogP contribution in [0.3, 0.4) is 0 Å². The lowest BCUT2D eigenvalue weighted by Gasteiger charge is -2.24. The number of ether oxygens (including phenoxy) is 1. The first-order valence-corrected chi connectivity index (χ1v) is 8.91. The van der Waals surface area contributed by atoms with Crippen LogP contribution in [-0.2, 0) is 4.74 Å². The van der Waals surface area contributed by atoms with Gasteiger partial charge < -0.3 is 15.4 Å². The Morgan fingerprint density at radius 1 is 1.35 bits per heavy atom. The second-order valence-corrected chi connectivity index (χ2v) is 6.60. The van der Waals surface area contributed by atoms with Gasteiger partial charge in [0.25, 0.3) is 5.91 Å². The molecule has 2 fully saturated rings. The van der Waals surface area contributed by atoms with Crippen molar-refractivity contribution in [2.75, 3.05) is 46.4 Å². The molecule has 1 aromatic heterocycles. The lowest BCUT2D eigenvalue weighted by Crippen LogP contribution is -2.41. The van der Waals surface area contributed by atoms with Gasteiger partial charge in [-0.15, -0.1) is 29.9 Å². The summed E-state index contributed by atoms with van der Waals surface area (Å²) in [5.74, 6) is -0.131. The molecule has 0 saturated carbocycles. The predicted octanol–water partition coefficient (Wildman–Crippen LogP) is 0.887. The van der Waals surface area contributed by atoms with Crippen molar-refractivity contribution in [3.8, 4) is 0 Å². The van der Waals surface area contributed by atoms with E-state index >= 15 is 0 Å². The van der Waals surface area contributed by atoms with Crippen molar-refractivity contribution >= 4 is 30.7 Å². The van der Waals surface area contributed by atoms with Gasteiger partial charge in [-0.1, -0.05) is 5.21 Å². The number of nitrogens with one attached hydrogen (secondary N) is 2. The minimum atomic E-state index is -0.131. The van der Waals surface area contributed by atoms with E-state index in [1.165, 1.54) is 6.42 Å². The van der Waals surface area contributed by atoms with Crippen LogP contribution in [0, 0.1) is 0 Å². The number of nitrogens with zero attached hydrogens (tertiary/aromatic N) is 4. The van der Waals surface area contributed by atoms with Gasteiger partial charge in [-0.25, -0.2) is 4.68 Å². The van der Waals surface area contributed by atoms with E-state index in [9.17, 15) is 4.79 Å². The van der Waals surface area contributed by atoms with Gasteiger partial charge in [0.15, 0.2) is 5.69 Å². The highest BCUT2D eigenvalue weighted by molar-refractivity contribution is 5.91. The fraction of sp³-hybridized carbons (Fsp3) is 0.812. The minimum absolute atomic E-state index is 0. The van der Waals surface area contributed by atoms with Gasteiger partial charge in [0.2, 0.25) is 0 Å². The Bertz CT molecular complexity index is 539. The zero-order chi connectivity index (χ0) is 16.8. The molecule has 0 aromatic carbocycles. The quantitative estimate of drug-likeness (QED) is 0.696. The van der Waals surface area contributed by atoms with E-state index in [2.05, 4.69) is 25.8 Å². The maximum atomic E-state index is 12.3. The van der Waals surface area contributed by atoms with E-state index in [4.69, 9.17) is 4.74 Å². The number of rotatable bonds is 7. The van der Waals surface area contributed by atoms with Crippen LogP contribution in [0.4, 0.5) is 0 Å². The molecule has 2 aliphatic rings. The standard InChI is InChI=1S/C16H28N6O2.2ClH/c1-24-10-9-21-8-2-3-14(21)11-18-16(23)15-12-22(20-19-15)13-4-6-17-7-5-13;;/h12-14,17H,2-11H2,1H3,(H,18,23);2*1H. The molecule has 0 radical (unpaired) electrons. The summed E-state index contributed by atoms with van der Waals surface area (Å²) in [6, 6.07) is 0.739. The minimum Gasteiger partial charge on any atom is -0.383 e. The van der Waals surface area contributed by atoms with Crippen molar-refractivity contribution in [2.24, 2.45) is 0 Å². The number of hydrogen-bond donors (Lipinski definition) is 2. The molecular formula is C16H30Cl2N6O2. The summed E-state index contributed by atoms with van der Waals surface area (Å²) in [7, 11) is 1.72. The van der Waals surface area contributed by atoms with Gasteiger partial charge >= 0.3 is 0 Å². The van der Waals surface area contributed by atoms with Crippen molar-refractivity contribution < 1.29 is 9.53 Å². The first-order valence-electron chi connectivity index (χ1n) is 8.91. The largest absolute Gasteiger partial charge is 0.383 e. The number of aromatic nitrogens is 3. The SMILES string of the molecule is COCCN1CCCC1CNC(=O)c1cn(C2CCNCC2)nn1.Cl.Cl. The second kappa shape index (κ2) is 11.7. The zero-order valence-electron chi connectivity index (χ0n) is 15.2. The Morgan fingerprint density at radius 3 is 2.85 bits per heavy atom. The molecule has 2 saturated heterocycles. The number of methoxy groups -OCH3 is 1. The van der Waals surface area contributed by atoms with Crippen molar-refractivity contribution in [1.82, 2.24) is 30.5 Å². The van der Waals surface area contributed by atoms with Crippen LogP contribution in [-0.4, -0.2) is 78.3 Å². The Balaban J connectivity index is 0.00000169. The van der Waals surface area contributed by atoms with E-state index in [1.807, 2.05) is 4.68 Å². The topological polar surface area (TPSA) is 84.3 Å². The number of amides is 1. The molecule has 1 atom stereocenters.